The summed E-state index contributed by atoms with van der Waals surface area (Å²) in [5, 5.41) is 6.69. The van der Waals surface area contributed by atoms with Gasteiger partial charge in [-0.3, -0.25) is 9.79 Å². The molecule has 148 valence electrons. The van der Waals surface area contributed by atoms with Crippen LogP contribution >= 0.6 is 0 Å². The van der Waals surface area contributed by atoms with Crippen LogP contribution in [-0.4, -0.2) is 62.1 Å². The molecule has 1 amide bonds. The molecule has 1 aromatic carbocycles. The predicted octanol–water partition coefficient (Wildman–Crippen LogP) is 1.58. The summed E-state index contributed by atoms with van der Waals surface area (Å²) in [4.78, 5) is 29.8. The SMILES string of the molecule is CCNC(=NCCc1ccc(C(=O)OC)cc1)NC1CCN(C(=O)CC)C1. The second-order valence-corrected chi connectivity index (χ2v) is 6.52. The van der Waals surface area contributed by atoms with Crippen LogP contribution in [0.25, 0.3) is 0 Å². The van der Waals surface area contributed by atoms with E-state index < -0.39 is 0 Å². The maximum atomic E-state index is 11.8. The first-order valence-electron chi connectivity index (χ1n) is 9.57. The lowest BCUT2D eigenvalue weighted by Gasteiger charge is -2.18. The highest BCUT2D eigenvalue weighted by Gasteiger charge is 2.25. The molecular formula is C20H30N4O3. The number of hydrogen-bond donors (Lipinski definition) is 2. The molecule has 1 atom stereocenters. The third kappa shape index (κ3) is 6.27. The fraction of sp³-hybridized carbons (Fsp3) is 0.550. The summed E-state index contributed by atoms with van der Waals surface area (Å²) in [6.45, 7) is 6.88. The summed E-state index contributed by atoms with van der Waals surface area (Å²) in [5.74, 6) is 0.654. The summed E-state index contributed by atoms with van der Waals surface area (Å²) in [7, 11) is 1.38. The first-order valence-corrected chi connectivity index (χ1v) is 9.57. The number of nitrogens with one attached hydrogen (secondary N) is 2. The van der Waals surface area contributed by atoms with Gasteiger partial charge in [-0.2, -0.15) is 0 Å². The molecule has 0 saturated carbocycles. The number of methoxy groups -OCH3 is 1. The number of rotatable bonds is 7. The van der Waals surface area contributed by atoms with Gasteiger partial charge < -0.3 is 20.3 Å². The summed E-state index contributed by atoms with van der Waals surface area (Å²) >= 11 is 0. The molecule has 0 aliphatic carbocycles. The molecular weight excluding hydrogens is 344 g/mol. The van der Waals surface area contributed by atoms with E-state index in [-0.39, 0.29) is 17.9 Å². The van der Waals surface area contributed by atoms with Gasteiger partial charge in [0.2, 0.25) is 5.91 Å². The van der Waals surface area contributed by atoms with Gasteiger partial charge in [-0.15, -0.1) is 0 Å². The van der Waals surface area contributed by atoms with E-state index in [0.717, 1.165) is 44.0 Å². The zero-order valence-corrected chi connectivity index (χ0v) is 16.5. The van der Waals surface area contributed by atoms with Crippen molar-refractivity contribution in [1.82, 2.24) is 15.5 Å². The van der Waals surface area contributed by atoms with Crippen molar-refractivity contribution in [2.75, 3.05) is 33.3 Å². The highest BCUT2D eigenvalue weighted by Crippen LogP contribution is 2.10. The van der Waals surface area contributed by atoms with Crippen molar-refractivity contribution in [1.29, 1.82) is 0 Å². The Bertz CT molecular complexity index is 658. The van der Waals surface area contributed by atoms with Crippen LogP contribution in [0.15, 0.2) is 29.3 Å². The maximum absolute atomic E-state index is 11.8. The van der Waals surface area contributed by atoms with Crippen LogP contribution in [0.5, 0.6) is 0 Å². The molecule has 7 heteroatoms. The van der Waals surface area contributed by atoms with Gasteiger partial charge in [0, 0.05) is 38.6 Å². The van der Waals surface area contributed by atoms with Crippen molar-refractivity contribution in [3.05, 3.63) is 35.4 Å². The lowest BCUT2D eigenvalue weighted by Crippen LogP contribution is -2.45. The van der Waals surface area contributed by atoms with E-state index in [4.69, 9.17) is 4.74 Å². The van der Waals surface area contributed by atoms with E-state index in [0.29, 0.717) is 18.5 Å². The minimum Gasteiger partial charge on any atom is -0.465 e. The third-order valence-corrected chi connectivity index (χ3v) is 4.57. The Morgan fingerprint density at radius 3 is 2.63 bits per heavy atom. The fourth-order valence-electron chi connectivity index (χ4n) is 3.06. The van der Waals surface area contributed by atoms with Crippen molar-refractivity contribution < 1.29 is 14.3 Å². The zero-order valence-electron chi connectivity index (χ0n) is 16.5. The number of ether oxygens (including phenoxy) is 1. The Hall–Kier alpha value is -2.57. The first kappa shape index (κ1) is 20.7. The fourth-order valence-corrected chi connectivity index (χ4v) is 3.06. The van der Waals surface area contributed by atoms with Crippen molar-refractivity contribution in [2.45, 2.75) is 39.2 Å². The van der Waals surface area contributed by atoms with Gasteiger partial charge in [0.15, 0.2) is 5.96 Å². The number of amides is 1. The molecule has 1 aliphatic heterocycles. The van der Waals surface area contributed by atoms with E-state index in [1.165, 1.54) is 7.11 Å². The van der Waals surface area contributed by atoms with Gasteiger partial charge in [0.25, 0.3) is 0 Å². The zero-order chi connectivity index (χ0) is 19.6. The lowest BCUT2D eigenvalue weighted by molar-refractivity contribution is -0.129. The summed E-state index contributed by atoms with van der Waals surface area (Å²) in [6, 6.07) is 7.62. The molecule has 1 fully saturated rings. The molecule has 0 aromatic heterocycles. The number of benzene rings is 1. The molecule has 2 N–H and O–H groups in total. The average molecular weight is 374 g/mol. The molecule has 0 radical (unpaired) electrons. The monoisotopic (exact) mass is 374 g/mol. The highest BCUT2D eigenvalue weighted by molar-refractivity contribution is 5.89. The second kappa shape index (κ2) is 10.5. The lowest BCUT2D eigenvalue weighted by atomic mass is 10.1. The minimum atomic E-state index is -0.328. The molecule has 0 bridgehead atoms. The number of likely N-dealkylation sites (tertiary alicyclic amines) is 1. The molecule has 7 nitrogen and oxygen atoms in total. The van der Waals surface area contributed by atoms with E-state index in [9.17, 15) is 9.59 Å². The molecule has 1 aromatic rings. The van der Waals surface area contributed by atoms with Crippen LogP contribution in [0.2, 0.25) is 0 Å². The Kier molecular flexibility index (Phi) is 8.10. The Labute approximate surface area is 161 Å². The summed E-state index contributed by atoms with van der Waals surface area (Å²) in [6.07, 6.45) is 2.27. The molecule has 1 saturated heterocycles. The smallest absolute Gasteiger partial charge is 0.337 e. The standard InChI is InChI=1S/C20H30N4O3/c1-4-18(25)24-13-11-17(14-24)23-20(21-5-2)22-12-10-15-6-8-16(9-7-15)19(26)27-3/h6-9,17H,4-5,10-14H2,1-3H3,(H2,21,22,23). The number of aliphatic imine (C=N–C) groups is 1. The van der Waals surface area contributed by atoms with Crippen LogP contribution in [-0.2, 0) is 16.0 Å². The van der Waals surface area contributed by atoms with Gasteiger partial charge in [-0.1, -0.05) is 19.1 Å². The minimum absolute atomic E-state index is 0.205. The van der Waals surface area contributed by atoms with E-state index >= 15 is 0 Å². The Balaban J connectivity index is 1.86. The average Bonchev–Trinajstić information content (AvgIpc) is 3.16. The number of carbonyl (C=O) groups is 2. The molecule has 1 aliphatic rings. The Morgan fingerprint density at radius 1 is 1.26 bits per heavy atom. The van der Waals surface area contributed by atoms with Gasteiger partial charge in [-0.25, -0.2) is 4.79 Å². The molecule has 27 heavy (non-hydrogen) atoms. The van der Waals surface area contributed by atoms with E-state index in [2.05, 4.69) is 15.6 Å². The summed E-state index contributed by atoms with van der Waals surface area (Å²) in [5.41, 5.74) is 1.66. The Morgan fingerprint density at radius 2 is 2.00 bits per heavy atom. The van der Waals surface area contributed by atoms with Crippen LogP contribution in [0.3, 0.4) is 0 Å². The number of guanidine groups is 1. The van der Waals surface area contributed by atoms with E-state index in [1.807, 2.05) is 30.9 Å². The van der Waals surface area contributed by atoms with Crippen LogP contribution in [0, 0.1) is 0 Å². The van der Waals surface area contributed by atoms with Gasteiger partial charge in [0.05, 0.1) is 12.7 Å². The topological polar surface area (TPSA) is 83.0 Å². The van der Waals surface area contributed by atoms with Crippen LogP contribution in [0.1, 0.15) is 42.6 Å². The maximum Gasteiger partial charge on any atom is 0.337 e. The van der Waals surface area contributed by atoms with Crippen molar-refractivity contribution in [2.24, 2.45) is 4.99 Å². The highest BCUT2D eigenvalue weighted by atomic mass is 16.5. The van der Waals surface area contributed by atoms with Crippen molar-refractivity contribution in [3.8, 4) is 0 Å². The van der Waals surface area contributed by atoms with Crippen molar-refractivity contribution in [3.63, 3.8) is 0 Å². The molecule has 2 rings (SSSR count). The first-order chi connectivity index (χ1) is 13.1. The second-order valence-electron chi connectivity index (χ2n) is 6.52. The molecule has 1 heterocycles. The normalized spacial score (nSPS) is 16.9. The largest absolute Gasteiger partial charge is 0.465 e. The van der Waals surface area contributed by atoms with Gasteiger partial charge in [-0.05, 0) is 37.5 Å². The number of esters is 1. The molecule has 1 unspecified atom stereocenters. The number of hydrogen-bond acceptors (Lipinski definition) is 4. The third-order valence-electron chi connectivity index (χ3n) is 4.57. The van der Waals surface area contributed by atoms with Gasteiger partial charge >= 0.3 is 5.97 Å². The number of nitrogens with zero attached hydrogens (tertiary/aromatic N) is 2. The van der Waals surface area contributed by atoms with Gasteiger partial charge in [0.1, 0.15) is 0 Å². The van der Waals surface area contributed by atoms with E-state index in [1.54, 1.807) is 12.1 Å². The van der Waals surface area contributed by atoms with Crippen LogP contribution in [0.4, 0.5) is 0 Å². The van der Waals surface area contributed by atoms with Crippen molar-refractivity contribution >= 4 is 17.8 Å². The number of carbonyl (C=O) groups excluding carboxylic acids is 2. The van der Waals surface area contributed by atoms with Crippen LogP contribution < -0.4 is 10.6 Å². The quantitative estimate of drug-likeness (QED) is 0.430. The summed E-state index contributed by atoms with van der Waals surface area (Å²) < 4.78 is 4.71. The molecule has 0 spiro atoms. The predicted molar refractivity (Wildman–Crippen MR) is 106 cm³/mol.